The van der Waals surface area contributed by atoms with Gasteiger partial charge in [-0.05, 0) is 48.4 Å². The molecule has 0 aliphatic heterocycles. The number of anilines is 3. The van der Waals surface area contributed by atoms with E-state index in [1.807, 2.05) is 32.0 Å². The van der Waals surface area contributed by atoms with E-state index in [2.05, 4.69) is 36.2 Å². The molecule has 4 aromatic rings. The molecule has 168 valence electrons. The fraction of sp³-hybridized carbons (Fsp3) is 0.167. The summed E-state index contributed by atoms with van der Waals surface area (Å²) in [5.41, 5.74) is 8.37. The van der Waals surface area contributed by atoms with Gasteiger partial charge in [-0.2, -0.15) is 4.98 Å². The number of carbonyl (C=O) groups is 1. The standard InChI is InChI=1S/C24H22BrN5O3/c1-14(2)12-32-24(31)15-5-7-16(8-6-15)30-22-20(26)23(29-13-28-22)33-19-10-9-18(25)17-4-3-11-27-21(17)19/h3-11,13-14H,12,26H2,1-2H3,(H,28,29,30). The van der Waals surface area contributed by atoms with Crippen LogP contribution in [0.1, 0.15) is 24.2 Å². The van der Waals surface area contributed by atoms with Crippen LogP contribution in [-0.4, -0.2) is 27.5 Å². The van der Waals surface area contributed by atoms with E-state index in [-0.39, 0.29) is 23.5 Å². The number of hydrogen-bond donors (Lipinski definition) is 2. The van der Waals surface area contributed by atoms with Crippen molar-refractivity contribution in [3.8, 4) is 11.6 Å². The molecular weight excluding hydrogens is 486 g/mol. The van der Waals surface area contributed by atoms with Gasteiger partial charge in [0.25, 0.3) is 0 Å². The Morgan fingerprint density at radius 1 is 1.09 bits per heavy atom. The minimum absolute atomic E-state index is 0.204. The van der Waals surface area contributed by atoms with Gasteiger partial charge in [-0.25, -0.2) is 9.78 Å². The zero-order valence-corrected chi connectivity index (χ0v) is 19.7. The maximum atomic E-state index is 12.1. The number of pyridine rings is 1. The average molecular weight is 508 g/mol. The predicted molar refractivity (Wildman–Crippen MR) is 131 cm³/mol. The van der Waals surface area contributed by atoms with Crippen LogP contribution in [0.2, 0.25) is 0 Å². The molecule has 0 aliphatic rings. The molecule has 33 heavy (non-hydrogen) atoms. The molecule has 4 rings (SSSR count). The van der Waals surface area contributed by atoms with Crippen molar-refractivity contribution in [3.05, 3.63) is 71.1 Å². The van der Waals surface area contributed by atoms with Gasteiger partial charge in [0.05, 0.1) is 12.2 Å². The van der Waals surface area contributed by atoms with E-state index in [9.17, 15) is 4.79 Å². The molecule has 9 heteroatoms. The smallest absolute Gasteiger partial charge is 0.338 e. The molecule has 0 fully saturated rings. The Balaban J connectivity index is 1.53. The minimum atomic E-state index is -0.358. The van der Waals surface area contributed by atoms with E-state index < -0.39 is 0 Å². The molecular formula is C24H22BrN5O3. The van der Waals surface area contributed by atoms with Gasteiger partial charge >= 0.3 is 5.97 Å². The summed E-state index contributed by atoms with van der Waals surface area (Å²) in [6.45, 7) is 4.35. The van der Waals surface area contributed by atoms with E-state index in [4.69, 9.17) is 15.2 Å². The molecule has 0 saturated carbocycles. The van der Waals surface area contributed by atoms with Gasteiger partial charge in [0.2, 0.25) is 5.88 Å². The number of ether oxygens (including phenoxy) is 2. The number of aromatic nitrogens is 3. The lowest BCUT2D eigenvalue weighted by Crippen LogP contribution is -2.10. The number of esters is 1. The number of carbonyl (C=O) groups excluding carboxylic acids is 1. The van der Waals surface area contributed by atoms with Gasteiger partial charge in [0.1, 0.15) is 17.5 Å². The molecule has 0 radical (unpaired) electrons. The molecule has 0 atom stereocenters. The second-order valence-corrected chi connectivity index (χ2v) is 8.54. The van der Waals surface area contributed by atoms with Crippen molar-refractivity contribution in [2.75, 3.05) is 17.7 Å². The topological polar surface area (TPSA) is 112 Å². The lowest BCUT2D eigenvalue weighted by molar-refractivity contribution is 0.0459. The van der Waals surface area contributed by atoms with Gasteiger partial charge in [0, 0.05) is 21.7 Å². The summed E-state index contributed by atoms with van der Waals surface area (Å²) < 4.78 is 12.2. The van der Waals surface area contributed by atoms with E-state index in [0.29, 0.717) is 34.9 Å². The third kappa shape index (κ3) is 5.20. The van der Waals surface area contributed by atoms with Crippen molar-refractivity contribution < 1.29 is 14.3 Å². The largest absolute Gasteiger partial charge is 0.462 e. The van der Waals surface area contributed by atoms with E-state index >= 15 is 0 Å². The van der Waals surface area contributed by atoms with E-state index in [0.717, 1.165) is 9.86 Å². The Hall–Kier alpha value is -3.72. The Morgan fingerprint density at radius 2 is 1.88 bits per heavy atom. The zero-order chi connectivity index (χ0) is 23.4. The second-order valence-electron chi connectivity index (χ2n) is 7.68. The SMILES string of the molecule is CC(C)COC(=O)c1ccc(Nc2ncnc(Oc3ccc(Br)c4cccnc34)c2N)cc1. The lowest BCUT2D eigenvalue weighted by atomic mass is 10.2. The third-order valence-corrected chi connectivity index (χ3v) is 5.36. The van der Waals surface area contributed by atoms with Crippen LogP contribution in [0.3, 0.4) is 0 Å². The van der Waals surface area contributed by atoms with Crippen molar-refractivity contribution in [1.29, 1.82) is 0 Å². The number of nitrogens with one attached hydrogen (secondary N) is 1. The van der Waals surface area contributed by atoms with Crippen LogP contribution >= 0.6 is 15.9 Å². The van der Waals surface area contributed by atoms with Gasteiger partial charge in [0.15, 0.2) is 11.6 Å². The van der Waals surface area contributed by atoms with Gasteiger partial charge in [-0.15, -0.1) is 0 Å². The maximum absolute atomic E-state index is 12.1. The number of rotatable bonds is 7. The quantitative estimate of drug-likeness (QED) is 0.305. The number of halogens is 1. The monoisotopic (exact) mass is 507 g/mol. The van der Waals surface area contributed by atoms with E-state index in [1.54, 1.807) is 36.5 Å². The van der Waals surface area contributed by atoms with E-state index in [1.165, 1.54) is 6.33 Å². The zero-order valence-electron chi connectivity index (χ0n) is 18.1. The summed E-state index contributed by atoms with van der Waals surface area (Å²) in [4.78, 5) is 24.9. The van der Waals surface area contributed by atoms with Crippen LogP contribution < -0.4 is 15.8 Å². The van der Waals surface area contributed by atoms with Crippen molar-refractivity contribution >= 4 is 50.0 Å². The first-order chi connectivity index (χ1) is 15.9. The lowest BCUT2D eigenvalue weighted by Gasteiger charge is -2.13. The molecule has 2 aromatic heterocycles. The van der Waals surface area contributed by atoms with Crippen molar-refractivity contribution in [1.82, 2.24) is 15.0 Å². The number of benzene rings is 2. The Morgan fingerprint density at radius 3 is 2.64 bits per heavy atom. The normalized spacial score (nSPS) is 10.9. The Bertz CT molecular complexity index is 1300. The van der Waals surface area contributed by atoms with Crippen molar-refractivity contribution in [2.24, 2.45) is 5.92 Å². The number of nitrogen functional groups attached to an aromatic ring is 1. The van der Waals surface area contributed by atoms with Crippen LogP contribution in [0.15, 0.2) is 65.5 Å². The summed E-state index contributed by atoms with van der Waals surface area (Å²) >= 11 is 3.52. The molecule has 0 unspecified atom stereocenters. The first kappa shape index (κ1) is 22.5. The number of nitrogens with zero attached hydrogens (tertiary/aromatic N) is 3. The molecule has 0 amide bonds. The summed E-state index contributed by atoms with van der Waals surface area (Å²) in [6, 6.07) is 14.3. The highest BCUT2D eigenvalue weighted by Gasteiger charge is 2.14. The first-order valence-corrected chi connectivity index (χ1v) is 11.1. The van der Waals surface area contributed by atoms with Crippen LogP contribution in [0.5, 0.6) is 11.6 Å². The summed E-state index contributed by atoms with van der Waals surface area (Å²) in [5, 5.41) is 4.04. The van der Waals surface area contributed by atoms with Crippen molar-refractivity contribution in [3.63, 3.8) is 0 Å². The Kier molecular flexibility index (Phi) is 6.69. The fourth-order valence-corrected chi connectivity index (χ4v) is 3.46. The molecule has 2 heterocycles. The molecule has 0 aliphatic carbocycles. The number of hydrogen-bond acceptors (Lipinski definition) is 8. The number of fused-ring (bicyclic) bond motifs is 1. The molecule has 8 nitrogen and oxygen atoms in total. The summed E-state index contributed by atoms with van der Waals surface area (Å²) in [7, 11) is 0. The van der Waals surface area contributed by atoms with Gasteiger partial charge in [-0.1, -0.05) is 35.8 Å². The summed E-state index contributed by atoms with van der Waals surface area (Å²) in [5.74, 6) is 1.02. The number of nitrogens with two attached hydrogens (primary N) is 1. The van der Waals surface area contributed by atoms with Crippen LogP contribution in [0, 0.1) is 5.92 Å². The van der Waals surface area contributed by atoms with Gasteiger partial charge in [-0.3, -0.25) is 4.98 Å². The fourth-order valence-electron chi connectivity index (χ4n) is 3.01. The third-order valence-electron chi connectivity index (χ3n) is 4.66. The average Bonchev–Trinajstić information content (AvgIpc) is 2.82. The predicted octanol–water partition coefficient (Wildman–Crippen LogP) is 5.72. The molecule has 0 bridgehead atoms. The minimum Gasteiger partial charge on any atom is -0.462 e. The first-order valence-electron chi connectivity index (χ1n) is 10.3. The molecule has 3 N–H and O–H groups in total. The van der Waals surface area contributed by atoms with Crippen LogP contribution in [-0.2, 0) is 4.74 Å². The van der Waals surface area contributed by atoms with Gasteiger partial charge < -0.3 is 20.5 Å². The molecule has 0 saturated heterocycles. The highest BCUT2D eigenvalue weighted by Crippen LogP contribution is 2.35. The van der Waals surface area contributed by atoms with Crippen molar-refractivity contribution in [2.45, 2.75) is 13.8 Å². The highest BCUT2D eigenvalue weighted by molar-refractivity contribution is 9.10. The molecule has 2 aromatic carbocycles. The maximum Gasteiger partial charge on any atom is 0.338 e. The second kappa shape index (κ2) is 9.83. The summed E-state index contributed by atoms with van der Waals surface area (Å²) in [6.07, 6.45) is 3.06. The highest BCUT2D eigenvalue weighted by atomic mass is 79.9. The van der Waals surface area contributed by atoms with Crippen LogP contribution in [0.25, 0.3) is 10.9 Å². The van der Waals surface area contributed by atoms with Crippen LogP contribution in [0.4, 0.5) is 17.2 Å². The molecule has 0 spiro atoms. The Labute approximate surface area is 199 Å².